The van der Waals surface area contributed by atoms with Crippen molar-refractivity contribution in [3.8, 4) is 0 Å². The lowest BCUT2D eigenvalue weighted by molar-refractivity contribution is -0.120. The van der Waals surface area contributed by atoms with E-state index in [4.69, 9.17) is 0 Å². The van der Waals surface area contributed by atoms with Crippen molar-refractivity contribution in [1.29, 1.82) is 0 Å². The lowest BCUT2D eigenvalue weighted by Gasteiger charge is -2.26. The molecule has 0 saturated heterocycles. The van der Waals surface area contributed by atoms with E-state index in [2.05, 4.69) is 47.6 Å². The largest absolute Gasteiger partial charge is 0.362 e. The van der Waals surface area contributed by atoms with Gasteiger partial charge in [-0.3, -0.25) is 4.79 Å². The molecule has 0 radical (unpaired) electrons. The minimum absolute atomic E-state index is 0.0674. The normalized spacial score (nSPS) is 10.7. The molecule has 0 bridgehead atoms. The summed E-state index contributed by atoms with van der Waals surface area (Å²) in [4.78, 5) is 14.1. The molecule has 0 aliphatic heterocycles. The van der Waals surface area contributed by atoms with Crippen molar-refractivity contribution >= 4 is 11.6 Å². The predicted molar refractivity (Wildman–Crippen MR) is 85.1 cm³/mol. The molecule has 0 aromatic heterocycles. The van der Waals surface area contributed by atoms with Crippen molar-refractivity contribution in [2.24, 2.45) is 0 Å². The zero-order chi connectivity index (χ0) is 15.1. The second-order valence-electron chi connectivity index (χ2n) is 5.40. The molecular formula is C16H27N3O. The van der Waals surface area contributed by atoms with Crippen LogP contribution in [0.4, 0.5) is 5.69 Å². The lowest BCUT2D eigenvalue weighted by atomic mass is 10.1. The average Bonchev–Trinajstić information content (AvgIpc) is 2.36. The first kappa shape index (κ1) is 16.5. The summed E-state index contributed by atoms with van der Waals surface area (Å²) in [5.41, 5.74) is 3.60. The van der Waals surface area contributed by atoms with Crippen molar-refractivity contribution < 1.29 is 4.79 Å². The molecule has 2 N–H and O–H groups in total. The Morgan fingerprint density at radius 1 is 1.35 bits per heavy atom. The molecule has 0 unspecified atom stereocenters. The maximum absolute atomic E-state index is 12.0. The van der Waals surface area contributed by atoms with Crippen LogP contribution >= 0.6 is 0 Å². The summed E-state index contributed by atoms with van der Waals surface area (Å²) in [6, 6.07) is 6.55. The van der Waals surface area contributed by atoms with Crippen LogP contribution in [-0.2, 0) is 11.3 Å². The number of benzene rings is 1. The standard InChI is InChI=1S/C16H27N3O/c1-6-19(11-16(20)18-12(2)3)15-8-7-13(4)9-14(15)10-17-5/h7-9,12,17H,6,10-11H2,1-5H3,(H,18,20). The van der Waals surface area contributed by atoms with E-state index in [1.807, 2.05) is 20.9 Å². The number of hydrogen-bond acceptors (Lipinski definition) is 3. The Morgan fingerprint density at radius 3 is 2.60 bits per heavy atom. The Hall–Kier alpha value is -1.55. The summed E-state index contributed by atoms with van der Waals surface area (Å²) in [6.45, 7) is 10.1. The fraction of sp³-hybridized carbons (Fsp3) is 0.562. The molecule has 1 aromatic carbocycles. The van der Waals surface area contributed by atoms with Gasteiger partial charge in [-0.05, 0) is 46.4 Å². The van der Waals surface area contributed by atoms with Crippen LogP contribution in [0.25, 0.3) is 0 Å². The number of aryl methyl sites for hydroxylation is 1. The fourth-order valence-corrected chi connectivity index (χ4v) is 2.26. The summed E-state index contributed by atoms with van der Waals surface area (Å²) in [5, 5.41) is 6.13. The Labute approximate surface area is 122 Å². The van der Waals surface area contributed by atoms with E-state index in [0.29, 0.717) is 6.54 Å². The molecule has 4 nitrogen and oxygen atoms in total. The molecule has 0 aliphatic rings. The number of rotatable bonds is 7. The maximum atomic E-state index is 12.0. The van der Waals surface area contributed by atoms with E-state index in [1.165, 1.54) is 11.1 Å². The molecule has 0 aliphatic carbocycles. The van der Waals surface area contributed by atoms with Crippen molar-refractivity contribution in [3.05, 3.63) is 29.3 Å². The van der Waals surface area contributed by atoms with Crippen LogP contribution in [0.1, 0.15) is 31.9 Å². The summed E-state index contributed by atoms with van der Waals surface area (Å²) in [6.07, 6.45) is 0. The van der Waals surface area contributed by atoms with E-state index in [9.17, 15) is 4.79 Å². The first-order valence-electron chi connectivity index (χ1n) is 7.26. The van der Waals surface area contributed by atoms with Crippen molar-refractivity contribution in [2.75, 3.05) is 25.0 Å². The predicted octanol–water partition coefficient (Wildman–Crippen LogP) is 2.07. The third-order valence-corrected chi connectivity index (χ3v) is 3.11. The van der Waals surface area contributed by atoms with E-state index < -0.39 is 0 Å². The Morgan fingerprint density at radius 2 is 2.05 bits per heavy atom. The highest BCUT2D eigenvalue weighted by Gasteiger charge is 2.14. The minimum atomic E-state index is 0.0674. The monoisotopic (exact) mass is 277 g/mol. The minimum Gasteiger partial charge on any atom is -0.362 e. The van der Waals surface area contributed by atoms with Crippen LogP contribution in [0.2, 0.25) is 0 Å². The Kier molecular flexibility index (Phi) is 6.52. The first-order valence-corrected chi connectivity index (χ1v) is 7.26. The van der Waals surface area contributed by atoms with Crippen LogP contribution < -0.4 is 15.5 Å². The molecule has 4 heteroatoms. The van der Waals surface area contributed by atoms with Gasteiger partial charge in [0.05, 0.1) is 6.54 Å². The molecule has 0 atom stereocenters. The Bertz CT molecular complexity index is 443. The van der Waals surface area contributed by atoms with Gasteiger partial charge in [-0.15, -0.1) is 0 Å². The van der Waals surface area contributed by atoms with E-state index in [-0.39, 0.29) is 11.9 Å². The zero-order valence-electron chi connectivity index (χ0n) is 13.3. The number of hydrogen-bond donors (Lipinski definition) is 2. The van der Waals surface area contributed by atoms with Gasteiger partial charge in [0.25, 0.3) is 0 Å². The summed E-state index contributed by atoms with van der Waals surface area (Å²) in [7, 11) is 1.94. The first-order chi connectivity index (χ1) is 9.47. The average molecular weight is 277 g/mol. The molecule has 1 rings (SSSR count). The van der Waals surface area contributed by atoms with E-state index >= 15 is 0 Å². The smallest absolute Gasteiger partial charge is 0.239 e. The van der Waals surface area contributed by atoms with Gasteiger partial charge in [-0.25, -0.2) is 0 Å². The molecule has 0 saturated carbocycles. The molecule has 1 amide bonds. The van der Waals surface area contributed by atoms with E-state index in [1.54, 1.807) is 0 Å². The van der Waals surface area contributed by atoms with Crippen LogP contribution in [0.3, 0.4) is 0 Å². The number of likely N-dealkylation sites (N-methyl/N-ethyl adjacent to an activating group) is 1. The van der Waals surface area contributed by atoms with Gasteiger partial charge in [0.2, 0.25) is 5.91 Å². The zero-order valence-corrected chi connectivity index (χ0v) is 13.3. The van der Waals surface area contributed by atoms with Gasteiger partial charge in [0, 0.05) is 24.8 Å². The van der Waals surface area contributed by atoms with Gasteiger partial charge in [-0.1, -0.05) is 17.7 Å². The van der Waals surface area contributed by atoms with Gasteiger partial charge in [0.15, 0.2) is 0 Å². The summed E-state index contributed by atoms with van der Waals surface area (Å²) in [5.74, 6) is 0.0674. The molecule has 20 heavy (non-hydrogen) atoms. The van der Waals surface area contributed by atoms with Crippen molar-refractivity contribution in [2.45, 2.75) is 40.3 Å². The van der Waals surface area contributed by atoms with Crippen molar-refractivity contribution in [3.63, 3.8) is 0 Å². The SMILES string of the molecule is CCN(CC(=O)NC(C)C)c1ccc(C)cc1CNC. The highest BCUT2D eigenvalue weighted by Crippen LogP contribution is 2.21. The second kappa shape index (κ2) is 7.90. The topological polar surface area (TPSA) is 44.4 Å². The molecular weight excluding hydrogens is 250 g/mol. The number of anilines is 1. The van der Waals surface area contributed by atoms with Gasteiger partial charge >= 0.3 is 0 Å². The maximum Gasteiger partial charge on any atom is 0.239 e. The number of nitrogens with one attached hydrogen (secondary N) is 2. The number of carbonyl (C=O) groups is 1. The number of amides is 1. The number of nitrogens with zero attached hydrogens (tertiary/aromatic N) is 1. The molecule has 0 heterocycles. The molecule has 0 spiro atoms. The third-order valence-electron chi connectivity index (χ3n) is 3.11. The van der Waals surface area contributed by atoms with Gasteiger partial charge in [-0.2, -0.15) is 0 Å². The van der Waals surface area contributed by atoms with Crippen LogP contribution in [0, 0.1) is 6.92 Å². The highest BCUT2D eigenvalue weighted by molar-refractivity contribution is 5.81. The number of carbonyl (C=O) groups excluding carboxylic acids is 1. The van der Waals surface area contributed by atoms with Crippen molar-refractivity contribution in [1.82, 2.24) is 10.6 Å². The van der Waals surface area contributed by atoms with Gasteiger partial charge in [0.1, 0.15) is 0 Å². The van der Waals surface area contributed by atoms with Gasteiger partial charge < -0.3 is 15.5 Å². The quantitative estimate of drug-likeness (QED) is 0.802. The van der Waals surface area contributed by atoms with Crippen LogP contribution in [0.15, 0.2) is 18.2 Å². The summed E-state index contributed by atoms with van der Waals surface area (Å²) >= 11 is 0. The highest BCUT2D eigenvalue weighted by atomic mass is 16.2. The molecule has 112 valence electrons. The molecule has 0 fully saturated rings. The third kappa shape index (κ3) is 4.85. The summed E-state index contributed by atoms with van der Waals surface area (Å²) < 4.78 is 0. The Balaban J connectivity index is 2.91. The van der Waals surface area contributed by atoms with Crippen LogP contribution in [-0.4, -0.2) is 32.1 Å². The second-order valence-corrected chi connectivity index (χ2v) is 5.40. The fourth-order valence-electron chi connectivity index (χ4n) is 2.26. The van der Waals surface area contributed by atoms with E-state index in [0.717, 1.165) is 18.8 Å². The lowest BCUT2D eigenvalue weighted by Crippen LogP contribution is -2.40. The molecule has 1 aromatic rings. The van der Waals surface area contributed by atoms with Crippen LogP contribution in [0.5, 0.6) is 0 Å².